The fourth-order valence-electron chi connectivity index (χ4n) is 3.20. The molecule has 1 N–H and O–H groups in total. The van der Waals surface area contributed by atoms with Gasteiger partial charge in [-0.25, -0.2) is 4.79 Å². The molecule has 20 heavy (non-hydrogen) atoms. The van der Waals surface area contributed by atoms with E-state index in [-0.39, 0.29) is 11.7 Å². The summed E-state index contributed by atoms with van der Waals surface area (Å²) in [6.07, 6.45) is 4.30. The number of rotatable bonds is 2. The number of fused-ring (bicyclic) bond motifs is 2. The van der Waals surface area contributed by atoms with E-state index < -0.39 is 5.54 Å². The molecule has 1 aliphatic carbocycles. The van der Waals surface area contributed by atoms with Crippen molar-refractivity contribution in [3.63, 3.8) is 0 Å². The zero-order chi connectivity index (χ0) is 14.3. The second kappa shape index (κ2) is 4.51. The smallest absolute Gasteiger partial charge is 0.345 e. The highest BCUT2D eigenvalue weighted by Crippen LogP contribution is 2.42. The van der Waals surface area contributed by atoms with Gasteiger partial charge in [0.25, 0.3) is 6.47 Å². The molecule has 1 saturated carbocycles. The van der Waals surface area contributed by atoms with E-state index >= 15 is 0 Å². The van der Waals surface area contributed by atoms with Crippen LogP contribution in [0, 0.1) is 6.92 Å². The Bertz CT molecular complexity index is 646. The minimum absolute atomic E-state index is 0.222. The van der Waals surface area contributed by atoms with Gasteiger partial charge in [-0.15, -0.1) is 0 Å². The van der Waals surface area contributed by atoms with E-state index in [1.54, 1.807) is 6.92 Å². The zero-order valence-corrected chi connectivity index (χ0v) is 11.6. The minimum Gasteiger partial charge on any atom is -0.462 e. The summed E-state index contributed by atoms with van der Waals surface area (Å²) < 4.78 is 10.4. The van der Waals surface area contributed by atoms with Crippen LogP contribution in [0.1, 0.15) is 37.5 Å². The van der Waals surface area contributed by atoms with Gasteiger partial charge < -0.3 is 14.5 Å². The lowest BCUT2D eigenvalue weighted by Crippen LogP contribution is -2.53. The molecule has 0 amide bonds. The number of nitrogens with one attached hydrogen (secondary N) is 1. The van der Waals surface area contributed by atoms with E-state index in [1.165, 1.54) is 0 Å². The average Bonchev–Trinajstić information content (AvgIpc) is 2.38. The summed E-state index contributed by atoms with van der Waals surface area (Å²) in [4.78, 5) is 22.6. The molecule has 5 nitrogen and oxygen atoms in total. The maximum Gasteiger partial charge on any atom is 0.345 e. The Hall–Kier alpha value is -2.04. The van der Waals surface area contributed by atoms with Crippen molar-refractivity contribution in [1.82, 2.24) is 0 Å². The van der Waals surface area contributed by atoms with Gasteiger partial charge in [0.1, 0.15) is 11.9 Å². The molecular formula is C15H17NO4. The summed E-state index contributed by atoms with van der Waals surface area (Å²) >= 11 is 0. The van der Waals surface area contributed by atoms with Gasteiger partial charge in [0.05, 0.1) is 16.8 Å². The zero-order valence-electron chi connectivity index (χ0n) is 11.6. The van der Waals surface area contributed by atoms with E-state index in [0.29, 0.717) is 17.8 Å². The summed E-state index contributed by atoms with van der Waals surface area (Å²) in [7, 11) is 0. The SMILES string of the molecule is Cc1cc2c(c(=O)o1)C=C1CCCC(OC=O)C1(C)N2. The van der Waals surface area contributed by atoms with Gasteiger partial charge in [0.2, 0.25) is 0 Å². The maximum absolute atomic E-state index is 11.9. The summed E-state index contributed by atoms with van der Waals surface area (Å²) in [5.74, 6) is 0.561. The Morgan fingerprint density at radius 3 is 3.10 bits per heavy atom. The van der Waals surface area contributed by atoms with Crippen molar-refractivity contribution in [3.8, 4) is 0 Å². The summed E-state index contributed by atoms with van der Waals surface area (Å²) in [5, 5.41) is 3.38. The standard InChI is InChI=1S/C15H17NO4/c1-9-6-12-11(14(18)20-9)7-10-4-3-5-13(19-8-17)15(10,2)16-12/h6-8,13,16H,3-5H2,1-2H3. The Kier molecular flexibility index (Phi) is 2.92. The fourth-order valence-corrected chi connectivity index (χ4v) is 3.20. The highest BCUT2D eigenvalue weighted by molar-refractivity contribution is 5.74. The van der Waals surface area contributed by atoms with Crippen molar-refractivity contribution in [2.75, 3.05) is 5.32 Å². The number of carbonyl (C=O) groups excluding carboxylic acids is 1. The van der Waals surface area contributed by atoms with Gasteiger partial charge in [-0.3, -0.25) is 4.79 Å². The molecule has 3 rings (SSSR count). The van der Waals surface area contributed by atoms with Crippen molar-refractivity contribution >= 4 is 18.2 Å². The van der Waals surface area contributed by atoms with Crippen LogP contribution in [0.5, 0.6) is 0 Å². The number of hydrogen-bond acceptors (Lipinski definition) is 5. The monoisotopic (exact) mass is 275 g/mol. The predicted octanol–water partition coefficient (Wildman–Crippen LogP) is 2.24. The molecule has 0 spiro atoms. The van der Waals surface area contributed by atoms with Crippen LogP contribution in [0.15, 0.2) is 20.9 Å². The van der Waals surface area contributed by atoms with Crippen LogP contribution in [-0.2, 0) is 9.53 Å². The highest BCUT2D eigenvalue weighted by atomic mass is 16.5. The first kappa shape index (κ1) is 13.0. The van der Waals surface area contributed by atoms with E-state index in [0.717, 1.165) is 30.5 Å². The van der Waals surface area contributed by atoms with E-state index in [4.69, 9.17) is 9.15 Å². The molecule has 0 bridgehead atoms. The highest BCUT2D eigenvalue weighted by Gasteiger charge is 2.44. The van der Waals surface area contributed by atoms with Crippen LogP contribution in [0.25, 0.3) is 6.08 Å². The maximum atomic E-state index is 11.9. The number of carbonyl (C=O) groups is 1. The van der Waals surface area contributed by atoms with Crippen LogP contribution >= 0.6 is 0 Å². The number of hydrogen-bond donors (Lipinski definition) is 1. The molecule has 106 valence electrons. The van der Waals surface area contributed by atoms with Crippen molar-refractivity contribution in [2.45, 2.75) is 44.8 Å². The third-order valence-corrected chi connectivity index (χ3v) is 4.27. The molecular weight excluding hydrogens is 258 g/mol. The van der Waals surface area contributed by atoms with Gasteiger partial charge >= 0.3 is 5.63 Å². The summed E-state index contributed by atoms with van der Waals surface area (Å²) in [5.41, 5.74) is 1.59. The normalized spacial score (nSPS) is 27.7. The van der Waals surface area contributed by atoms with Crippen LogP contribution in [0.3, 0.4) is 0 Å². The fraction of sp³-hybridized carbons (Fsp3) is 0.467. The van der Waals surface area contributed by atoms with E-state index in [1.807, 2.05) is 19.1 Å². The molecule has 5 heteroatoms. The van der Waals surface area contributed by atoms with Crippen LogP contribution in [-0.4, -0.2) is 18.1 Å². The number of aryl methyl sites for hydroxylation is 1. The largest absolute Gasteiger partial charge is 0.462 e. The molecule has 1 aliphatic heterocycles. The molecule has 2 aliphatic rings. The molecule has 0 saturated heterocycles. The lowest BCUT2D eigenvalue weighted by atomic mass is 9.73. The van der Waals surface area contributed by atoms with Gasteiger partial charge in [0, 0.05) is 6.07 Å². The summed E-state index contributed by atoms with van der Waals surface area (Å²) in [6.45, 7) is 4.25. The Morgan fingerprint density at radius 1 is 1.55 bits per heavy atom. The first-order chi connectivity index (χ1) is 9.54. The first-order valence-corrected chi connectivity index (χ1v) is 6.77. The molecule has 2 unspecified atom stereocenters. The first-order valence-electron chi connectivity index (χ1n) is 6.77. The summed E-state index contributed by atoms with van der Waals surface area (Å²) in [6, 6.07) is 1.81. The Labute approximate surface area is 116 Å². The van der Waals surface area contributed by atoms with Gasteiger partial charge in [0.15, 0.2) is 0 Å². The molecule has 2 atom stereocenters. The third-order valence-electron chi connectivity index (χ3n) is 4.27. The van der Waals surface area contributed by atoms with Crippen molar-refractivity contribution < 1.29 is 13.9 Å². The molecule has 1 aromatic rings. The van der Waals surface area contributed by atoms with Crippen LogP contribution < -0.4 is 10.9 Å². The molecule has 2 heterocycles. The lowest BCUT2D eigenvalue weighted by molar-refractivity contribution is -0.136. The Balaban J connectivity index is 2.11. The topological polar surface area (TPSA) is 68.5 Å². The number of anilines is 1. The second-order valence-corrected chi connectivity index (χ2v) is 5.58. The molecule has 0 aromatic carbocycles. The molecule has 1 aromatic heterocycles. The molecule has 0 radical (unpaired) electrons. The quantitative estimate of drug-likeness (QED) is 0.838. The van der Waals surface area contributed by atoms with Gasteiger partial charge in [-0.05, 0) is 44.8 Å². The number of ether oxygens (including phenoxy) is 1. The third kappa shape index (κ3) is 1.85. The molecule has 1 fully saturated rings. The Morgan fingerprint density at radius 2 is 2.35 bits per heavy atom. The van der Waals surface area contributed by atoms with Crippen molar-refractivity contribution in [2.24, 2.45) is 0 Å². The average molecular weight is 275 g/mol. The lowest BCUT2D eigenvalue weighted by Gasteiger charge is -2.45. The van der Waals surface area contributed by atoms with Gasteiger partial charge in [-0.1, -0.05) is 0 Å². The van der Waals surface area contributed by atoms with Gasteiger partial charge in [-0.2, -0.15) is 0 Å². The predicted molar refractivity (Wildman–Crippen MR) is 74.5 cm³/mol. The minimum atomic E-state index is -0.452. The van der Waals surface area contributed by atoms with Crippen LogP contribution in [0.2, 0.25) is 0 Å². The van der Waals surface area contributed by atoms with Crippen LogP contribution in [0.4, 0.5) is 5.69 Å². The van der Waals surface area contributed by atoms with E-state index in [2.05, 4.69) is 5.32 Å². The van der Waals surface area contributed by atoms with Crippen molar-refractivity contribution in [1.29, 1.82) is 0 Å². The van der Waals surface area contributed by atoms with Crippen molar-refractivity contribution in [3.05, 3.63) is 33.4 Å². The second-order valence-electron chi connectivity index (χ2n) is 5.58. The van der Waals surface area contributed by atoms with E-state index in [9.17, 15) is 9.59 Å².